The second-order valence-electron chi connectivity index (χ2n) is 10.8. The van der Waals surface area contributed by atoms with Crippen molar-refractivity contribution in [3.05, 3.63) is 54.2 Å². The van der Waals surface area contributed by atoms with Gasteiger partial charge in [0.05, 0.1) is 30.2 Å². The van der Waals surface area contributed by atoms with Crippen LogP contribution in [0.2, 0.25) is 0 Å². The van der Waals surface area contributed by atoms with Crippen LogP contribution in [0.15, 0.2) is 48.7 Å². The number of anilines is 6. The van der Waals surface area contributed by atoms with Crippen molar-refractivity contribution in [3.8, 4) is 5.75 Å². The molecule has 3 aromatic rings. The summed E-state index contributed by atoms with van der Waals surface area (Å²) in [5.74, 6) is 1.51. The molecule has 3 heterocycles. The Labute approximate surface area is 234 Å². The lowest BCUT2D eigenvalue weighted by Gasteiger charge is -2.37. The highest BCUT2D eigenvalue weighted by atomic mass is 16.6. The molecule has 1 saturated heterocycles. The molecule has 0 saturated carbocycles. The second kappa shape index (κ2) is 10.6. The van der Waals surface area contributed by atoms with Gasteiger partial charge in [-0.3, -0.25) is 4.79 Å². The highest BCUT2D eigenvalue weighted by Gasteiger charge is 2.29. The summed E-state index contributed by atoms with van der Waals surface area (Å²) in [6.45, 7) is 8.14. The Kier molecular flexibility index (Phi) is 7.14. The zero-order valence-electron chi connectivity index (χ0n) is 23.8. The predicted octanol–water partition coefficient (Wildman–Crippen LogP) is 4.64. The summed E-state index contributed by atoms with van der Waals surface area (Å²) in [6, 6.07) is 13.4. The van der Waals surface area contributed by atoms with Gasteiger partial charge in [-0.15, -0.1) is 0 Å². The Morgan fingerprint density at radius 1 is 0.975 bits per heavy atom. The molecule has 2 aromatic carbocycles. The van der Waals surface area contributed by atoms with Gasteiger partial charge in [-0.2, -0.15) is 4.98 Å². The van der Waals surface area contributed by atoms with Crippen LogP contribution in [-0.2, 0) is 4.74 Å². The molecule has 1 fully saturated rings. The fourth-order valence-electron chi connectivity index (χ4n) is 4.84. The first-order chi connectivity index (χ1) is 19.1. The number of rotatable bonds is 4. The topological polar surface area (TPSA) is 103 Å². The van der Waals surface area contributed by atoms with Gasteiger partial charge in [0.25, 0.3) is 5.91 Å². The average Bonchev–Trinajstić information content (AvgIpc) is 3.02. The monoisotopic (exact) mass is 545 g/mol. The summed E-state index contributed by atoms with van der Waals surface area (Å²) in [5, 5.41) is 3.27. The van der Waals surface area contributed by atoms with Crippen LogP contribution in [0.1, 0.15) is 31.1 Å². The third-order valence-electron chi connectivity index (χ3n) is 6.96. The summed E-state index contributed by atoms with van der Waals surface area (Å²) < 4.78 is 11.2. The van der Waals surface area contributed by atoms with Crippen molar-refractivity contribution in [2.45, 2.75) is 26.4 Å². The predicted molar refractivity (Wildman–Crippen MR) is 156 cm³/mol. The van der Waals surface area contributed by atoms with E-state index in [4.69, 9.17) is 14.5 Å². The lowest BCUT2D eigenvalue weighted by atomic mass is 10.1. The maximum Gasteiger partial charge on any atom is 0.410 e. The number of fused-ring (bicyclic) bond motifs is 2. The van der Waals surface area contributed by atoms with E-state index in [1.807, 2.05) is 75.2 Å². The number of carbonyl (C=O) groups excluding carboxylic acids is 2. The van der Waals surface area contributed by atoms with Crippen LogP contribution >= 0.6 is 0 Å². The van der Waals surface area contributed by atoms with Crippen LogP contribution in [0.5, 0.6) is 5.75 Å². The smallest absolute Gasteiger partial charge is 0.410 e. The SMILES string of the molecule is COc1cc(N2CCN(C(=O)OC(C)(C)C)CC2)ccc1Nc1ncc2c(n1)N(C)c1ccccc1C(=O)N2C. The van der Waals surface area contributed by atoms with Crippen LogP contribution in [0.25, 0.3) is 0 Å². The molecule has 2 amide bonds. The maximum atomic E-state index is 13.1. The molecular formula is C29H35N7O4. The number of ether oxygens (including phenoxy) is 2. The van der Waals surface area contributed by atoms with Crippen molar-refractivity contribution < 1.29 is 19.1 Å². The lowest BCUT2D eigenvalue weighted by molar-refractivity contribution is 0.0240. The molecular weight excluding hydrogens is 510 g/mol. The first kappa shape index (κ1) is 27.0. The molecule has 2 aliphatic rings. The molecule has 40 heavy (non-hydrogen) atoms. The zero-order valence-corrected chi connectivity index (χ0v) is 23.8. The van der Waals surface area contributed by atoms with E-state index in [0.29, 0.717) is 60.6 Å². The van der Waals surface area contributed by atoms with Crippen molar-refractivity contribution >= 4 is 46.5 Å². The molecule has 5 rings (SSSR count). The second-order valence-corrected chi connectivity index (χ2v) is 10.8. The third kappa shape index (κ3) is 5.31. The third-order valence-corrected chi connectivity index (χ3v) is 6.96. The first-order valence-corrected chi connectivity index (χ1v) is 13.2. The van der Waals surface area contributed by atoms with E-state index in [1.54, 1.807) is 30.2 Å². The van der Waals surface area contributed by atoms with Gasteiger partial charge in [-0.05, 0) is 45.0 Å². The van der Waals surface area contributed by atoms with E-state index in [2.05, 4.69) is 15.2 Å². The van der Waals surface area contributed by atoms with Crippen molar-refractivity contribution in [1.29, 1.82) is 0 Å². The highest BCUT2D eigenvalue weighted by Crippen LogP contribution is 2.39. The van der Waals surface area contributed by atoms with E-state index in [-0.39, 0.29) is 12.0 Å². The molecule has 2 aliphatic heterocycles. The Hall–Kier alpha value is -4.54. The van der Waals surface area contributed by atoms with Crippen molar-refractivity contribution in [2.24, 2.45) is 0 Å². The summed E-state index contributed by atoms with van der Waals surface area (Å²) in [7, 11) is 5.23. The molecule has 0 unspecified atom stereocenters. The van der Waals surface area contributed by atoms with E-state index in [1.165, 1.54) is 0 Å². The van der Waals surface area contributed by atoms with Gasteiger partial charge in [0.15, 0.2) is 5.82 Å². The minimum absolute atomic E-state index is 0.116. The fourth-order valence-corrected chi connectivity index (χ4v) is 4.84. The standard InChI is InChI=1S/C29H35N7O4/c1-29(2,3)40-28(38)36-15-13-35(14-16-36)19-11-12-21(24(17-19)39-6)31-27-30-18-23-25(32-27)33(4)22-10-8-7-9-20(22)26(37)34(23)5/h7-12,17-18H,13-16H2,1-6H3,(H,30,31,32). The molecule has 0 spiro atoms. The van der Waals surface area contributed by atoms with Gasteiger partial charge in [-0.25, -0.2) is 9.78 Å². The van der Waals surface area contributed by atoms with Crippen molar-refractivity contribution in [2.75, 3.05) is 67.4 Å². The summed E-state index contributed by atoms with van der Waals surface area (Å²) in [4.78, 5) is 42.2. The summed E-state index contributed by atoms with van der Waals surface area (Å²) in [6.07, 6.45) is 1.37. The van der Waals surface area contributed by atoms with E-state index < -0.39 is 5.60 Å². The van der Waals surface area contributed by atoms with Gasteiger partial charge >= 0.3 is 6.09 Å². The molecule has 1 N–H and O–H groups in total. The van der Waals surface area contributed by atoms with Crippen molar-refractivity contribution in [3.63, 3.8) is 0 Å². The molecule has 0 radical (unpaired) electrons. The van der Waals surface area contributed by atoms with E-state index in [9.17, 15) is 9.59 Å². The van der Waals surface area contributed by atoms with Crippen LogP contribution in [-0.4, -0.2) is 79.9 Å². The molecule has 11 nitrogen and oxygen atoms in total. The first-order valence-electron chi connectivity index (χ1n) is 13.2. The summed E-state index contributed by atoms with van der Waals surface area (Å²) in [5.41, 5.74) is 3.17. The van der Waals surface area contributed by atoms with Crippen molar-refractivity contribution in [1.82, 2.24) is 14.9 Å². The number of nitrogens with one attached hydrogen (secondary N) is 1. The number of carbonyl (C=O) groups is 2. The number of benzene rings is 2. The molecule has 210 valence electrons. The lowest BCUT2D eigenvalue weighted by Crippen LogP contribution is -2.50. The molecule has 0 bridgehead atoms. The number of aromatic nitrogens is 2. The van der Waals surface area contributed by atoms with Crippen LogP contribution < -0.4 is 24.8 Å². The molecule has 0 atom stereocenters. The number of para-hydroxylation sites is 1. The van der Waals surface area contributed by atoms with Gasteiger partial charge in [0.1, 0.15) is 17.0 Å². The Morgan fingerprint density at radius 3 is 2.40 bits per heavy atom. The van der Waals surface area contributed by atoms with E-state index in [0.717, 1.165) is 11.4 Å². The zero-order chi connectivity index (χ0) is 28.6. The molecule has 11 heteroatoms. The quantitative estimate of drug-likeness (QED) is 0.502. The number of methoxy groups -OCH3 is 1. The number of nitrogens with zero attached hydrogens (tertiary/aromatic N) is 6. The van der Waals surface area contributed by atoms with Crippen LogP contribution in [0.4, 0.5) is 39.3 Å². The normalized spacial score (nSPS) is 15.3. The Balaban J connectivity index is 1.33. The van der Waals surface area contributed by atoms with Gasteiger partial charge in [0, 0.05) is 52.0 Å². The summed E-state index contributed by atoms with van der Waals surface area (Å²) >= 11 is 0. The van der Waals surface area contributed by atoms with Gasteiger partial charge in [0.2, 0.25) is 5.95 Å². The number of amides is 2. The number of hydrogen-bond donors (Lipinski definition) is 1. The largest absolute Gasteiger partial charge is 0.494 e. The molecule has 0 aliphatic carbocycles. The minimum atomic E-state index is -0.515. The number of hydrogen-bond acceptors (Lipinski definition) is 9. The Morgan fingerprint density at radius 2 is 1.70 bits per heavy atom. The molecule has 1 aromatic heterocycles. The average molecular weight is 546 g/mol. The fraction of sp³-hybridized carbons (Fsp3) is 0.379. The van der Waals surface area contributed by atoms with Gasteiger partial charge in [-0.1, -0.05) is 12.1 Å². The maximum absolute atomic E-state index is 13.1. The van der Waals surface area contributed by atoms with E-state index >= 15 is 0 Å². The van der Waals surface area contributed by atoms with Crippen LogP contribution in [0.3, 0.4) is 0 Å². The number of piperazine rings is 1. The minimum Gasteiger partial charge on any atom is -0.494 e. The highest BCUT2D eigenvalue weighted by molar-refractivity contribution is 6.13. The Bertz CT molecular complexity index is 1430. The van der Waals surface area contributed by atoms with Gasteiger partial charge < -0.3 is 34.4 Å². The van der Waals surface area contributed by atoms with Crippen LogP contribution in [0, 0.1) is 0 Å².